The molecule has 1 unspecified atom stereocenters. The molecule has 0 aliphatic carbocycles. The highest BCUT2D eigenvalue weighted by Crippen LogP contribution is 2.40. The molecule has 0 spiro atoms. The van der Waals surface area contributed by atoms with Gasteiger partial charge in [-0.15, -0.1) is 10.2 Å². The third kappa shape index (κ3) is 8.05. The fourth-order valence-electron chi connectivity index (χ4n) is 10.8. The van der Waals surface area contributed by atoms with Crippen molar-refractivity contribution in [3.8, 4) is 22.8 Å². The van der Waals surface area contributed by atoms with E-state index in [2.05, 4.69) is 53.3 Å². The highest BCUT2D eigenvalue weighted by molar-refractivity contribution is 6.02. The lowest BCUT2D eigenvalue weighted by atomic mass is 10.0. The number of imide groups is 1. The zero-order valence-electron chi connectivity index (χ0n) is 36.1. The van der Waals surface area contributed by atoms with Crippen molar-refractivity contribution >= 4 is 46.4 Å². The van der Waals surface area contributed by atoms with Gasteiger partial charge in [0.15, 0.2) is 5.82 Å². The summed E-state index contributed by atoms with van der Waals surface area (Å²) in [5, 5.41) is 21.4. The van der Waals surface area contributed by atoms with Gasteiger partial charge in [-0.2, -0.15) is 0 Å². The molecule has 3 aromatic carbocycles. The predicted octanol–water partition coefficient (Wildman–Crippen LogP) is 4.40. The van der Waals surface area contributed by atoms with Crippen molar-refractivity contribution < 1.29 is 33.4 Å². The smallest absolute Gasteiger partial charge is 0.319 e. The first-order valence-electron chi connectivity index (χ1n) is 22.6. The zero-order chi connectivity index (χ0) is 44.1. The number of anilines is 5. The number of hydrogen-bond donors (Lipinski definition) is 3. The number of likely N-dealkylation sites (tertiary alicyclic amines) is 1. The topological polar surface area (TPSA) is 173 Å². The number of aromatic nitrogens is 2. The molecule has 64 heavy (non-hydrogen) atoms. The molecule has 2 bridgehead atoms. The minimum absolute atomic E-state index is 0.0251. The average Bonchev–Trinajstić information content (AvgIpc) is 3.73. The van der Waals surface area contributed by atoms with Crippen LogP contribution in [-0.4, -0.2) is 139 Å². The van der Waals surface area contributed by atoms with Gasteiger partial charge in [0, 0.05) is 118 Å². The molecule has 5 saturated heterocycles. The van der Waals surface area contributed by atoms with Crippen LogP contribution >= 0.6 is 0 Å². The van der Waals surface area contributed by atoms with E-state index in [0.29, 0.717) is 87.9 Å². The van der Waals surface area contributed by atoms with Crippen LogP contribution in [0.1, 0.15) is 44.1 Å². The maximum absolute atomic E-state index is 15.4. The molecule has 1 aromatic heterocycles. The number of phenols is 1. The van der Waals surface area contributed by atoms with Crippen molar-refractivity contribution in [3.63, 3.8) is 0 Å². The number of benzene rings is 3. The molecule has 4 N–H and O–H groups in total. The first-order chi connectivity index (χ1) is 31.1. The summed E-state index contributed by atoms with van der Waals surface area (Å²) in [5.41, 5.74) is 12.4. The molecule has 3 atom stereocenters. The molecule has 4 aromatic rings. The average molecular weight is 875 g/mol. The van der Waals surface area contributed by atoms with E-state index in [-0.39, 0.29) is 59.7 Å². The number of aromatic hydroxyl groups is 1. The highest BCUT2D eigenvalue weighted by atomic mass is 19.1. The molecule has 4 amide bonds. The van der Waals surface area contributed by atoms with Crippen LogP contribution in [0.15, 0.2) is 66.7 Å². The standard InChI is InChI=1S/C47H55FN10O6/c1-53(30-11-16-54(17-12-30)39-6-4-7-40-37(39)15-20-57(40)41-9-10-44(60)50-46(41)61)47(62)55-18-13-34(14-19-55)64-35-22-29(48)21-31(23-35)58-32-25-56(26-33(58)28-63-27-32)42-24-38(51-52-45(42)49)36-5-2-3-8-43(36)59/h2-8,21-24,30,32-34,41,59H,9-20,25-28H2,1H3,(H2,49,52)(H,50,60,61)/t32-,33?,41+/m0/s1. The molecule has 0 radical (unpaired) electrons. The fraction of sp³-hybridized carbons (Fsp3) is 0.468. The van der Waals surface area contributed by atoms with Gasteiger partial charge < -0.3 is 49.7 Å². The lowest BCUT2D eigenvalue weighted by molar-refractivity contribution is -0.134. The Morgan fingerprint density at radius 2 is 1.61 bits per heavy atom. The van der Waals surface area contributed by atoms with E-state index in [1.54, 1.807) is 24.3 Å². The minimum Gasteiger partial charge on any atom is -0.507 e. The van der Waals surface area contributed by atoms with Gasteiger partial charge in [0.1, 0.15) is 29.5 Å². The molecule has 5 fully saturated rings. The van der Waals surface area contributed by atoms with Crippen LogP contribution in [0.4, 0.5) is 37.8 Å². The minimum atomic E-state index is -0.380. The number of piperidine rings is 3. The summed E-state index contributed by atoms with van der Waals surface area (Å²) in [6.07, 6.45) is 4.56. The van der Waals surface area contributed by atoms with Crippen molar-refractivity contribution in [2.75, 3.05) is 91.4 Å². The quantitative estimate of drug-likeness (QED) is 0.213. The number of amides is 4. The van der Waals surface area contributed by atoms with E-state index in [1.807, 2.05) is 35.0 Å². The summed E-state index contributed by atoms with van der Waals surface area (Å²) in [6, 6.07) is 19.7. The van der Waals surface area contributed by atoms with Gasteiger partial charge in [-0.1, -0.05) is 18.2 Å². The van der Waals surface area contributed by atoms with Gasteiger partial charge in [0.05, 0.1) is 36.7 Å². The number of nitrogens with one attached hydrogen (secondary N) is 1. The number of rotatable bonds is 8. The number of para-hydroxylation sites is 1. The molecule has 7 heterocycles. The van der Waals surface area contributed by atoms with Gasteiger partial charge in [0.2, 0.25) is 11.8 Å². The third-order valence-corrected chi connectivity index (χ3v) is 14.0. The summed E-state index contributed by atoms with van der Waals surface area (Å²) >= 11 is 0. The van der Waals surface area contributed by atoms with Crippen molar-refractivity contribution in [1.82, 2.24) is 25.3 Å². The van der Waals surface area contributed by atoms with E-state index in [9.17, 15) is 19.5 Å². The molecule has 17 heteroatoms. The molecule has 16 nitrogen and oxygen atoms in total. The van der Waals surface area contributed by atoms with Gasteiger partial charge in [-0.3, -0.25) is 14.9 Å². The normalized spacial score (nSPS) is 23.0. The Morgan fingerprint density at radius 3 is 2.36 bits per heavy atom. The molecular formula is C47H55FN10O6. The third-order valence-electron chi connectivity index (χ3n) is 14.0. The number of morpholine rings is 1. The zero-order valence-corrected chi connectivity index (χ0v) is 36.1. The maximum Gasteiger partial charge on any atom is 0.319 e. The summed E-state index contributed by atoms with van der Waals surface area (Å²) in [4.78, 5) is 51.1. The number of carbonyl (C=O) groups is 3. The van der Waals surface area contributed by atoms with Crippen LogP contribution in [0.2, 0.25) is 0 Å². The number of piperazine rings is 1. The van der Waals surface area contributed by atoms with E-state index >= 15 is 4.39 Å². The Labute approximate surface area is 371 Å². The predicted molar refractivity (Wildman–Crippen MR) is 240 cm³/mol. The number of nitrogens with two attached hydrogens (primary N) is 1. The second-order valence-corrected chi connectivity index (χ2v) is 17.9. The number of fused-ring (bicyclic) bond motifs is 3. The first kappa shape index (κ1) is 41.6. The number of ether oxygens (including phenoxy) is 2. The number of urea groups is 1. The van der Waals surface area contributed by atoms with Crippen LogP contribution in [0, 0.1) is 5.82 Å². The number of phenolic OH excluding ortho intramolecular Hbond substituents is 1. The lowest BCUT2D eigenvalue weighted by Crippen LogP contribution is -2.65. The van der Waals surface area contributed by atoms with Gasteiger partial charge in [-0.25, -0.2) is 9.18 Å². The van der Waals surface area contributed by atoms with E-state index in [1.165, 1.54) is 17.3 Å². The Kier molecular flexibility index (Phi) is 11.3. The number of hydrogen-bond acceptors (Lipinski definition) is 13. The molecular weight excluding hydrogens is 820 g/mol. The van der Waals surface area contributed by atoms with Crippen LogP contribution in [0.5, 0.6) is 11.5 Å². The lowest BCUT2D eigenvalue weighted by Gasteiger charge is -2.51. The molecule has 336 valence electrons. The summed E-state index contributed by atoms with van der Waals surface area (Å²) in [5.74, 6) is 0.0751. The van der Waals surface area contributed by atoms with Gasteiger partial charge in [-0.05, 0) is 62.1 Å². The largest absolute Gasteiger partial charge is 0.507 e. The number of halogens is 1. The number of nitrogen functional groups attached to an aromatic ring is 1. The monoisotopic (exact) mass is 874 g/mol. The van der Waals surface area contributed by atoms with E-state index in [4.69, 9.17) is 15.2 Å². The SMILES string of the molecule is CN(C(=O)N1CCC(Oc2cc(F)cc(N3C4COC[C@@H]3CN(c3cc(-c5ccccc5O)nnc3N)C4)c2)CC1)C1CCN(c2cccc3c2CCN3[C@@H]2CCC(=O)NC2=O)CC1. The Bertz CT molecular complexity index is 2410. The maximum atomic E-state index is 15.4. The summed E-state index contributed by atoms with van der Waals surface area (Å²) < 4.78 is 27.8. The first-order valence-corrected chi connectivity index (χ1v) is 22.6. The van der Waals surface area contributed by atoms with Crippen LogP contribution < -0.4 is 35.4 Å². The van der Waals surface area contributed by atoms with Gasteiger partial charge >= 0.3 is 6.03 Å². The van der Waals surface area contributed by atoms with Crippen LogP contribution in [0.25, 0.3) is 11.3 Å². The molecule has 10 rings (SSSR count). The Balaban J connectivity index is 0.730. The number of carbonyl (C=O) groups excluding carboxylic acids is 3. The van der Waals surface area contributed by atoms with Crippen LogP contribution in [-0.2, 0) is 20.7 Å². The second kappa shape index (κ2) is 17.3. The highest BCUT2D eigenvalue weighted by Gasteiger charge is 2.41. The second-order valence-electron chi connectivity index (χ2n) is 17.9. The molecule has 6 aliphatic rings. The Morgan fingerprint density at radius 1 is 0.859 bits per heavy atom. The van der Waals surface area contributed by atoms with E-state index < -0.39 is 0 Å². The van der Waals surface area contributed by atoms with Crippen molar-refractivity contribution in [3.05, 3.63) is 78.1 Å². The number of nitrogens with zero attached hydrogens (tertiary/aromatic N) is 8. The van der Waals surface area contributed by atoms with Crippen LogP contribution in [0.3, 0.4) is 0 Å². The fourth-order valence-corrected chi connectivity index (χ4v) is 10.8. The van der Waals surface area contributed by atoms with Gasteiger partial charge in [0.25, 0.3) is 0 Å². The van der Waals surface area contributed by atoms with Crippen molar-refractivity contribution in [2.24, 2.45) is 0 Å². The summed E-state index contributed by atoms with van der Waals surface area (Å²) in [7, 11) is 1.91. The molecule has 6 aliphatic heterocycles. The van der Waals surface area contributed by atoms with Crippen molar-refractivity contribution in [2.45, 2.75) is 75.2 Å². The summed E-state index contributed by atoms with van der Waals surface area (Å²) in [6.45, 7) is 5.52. The Hall–Kier alpha value is -6.36. The van der Waals surface area contributed by atoms with E-state index in [0.717, 1.165) is 56.0 Å². The van der Waals surface area contributed by atoms with Crippen molar-refractivity contribution in [1.29, 1.82) is 0 Å². The molecule has 0 saturated carbocycles.